The molecule has 0 bridgehead atoms. The zero-order chi connectivity index (χ0) is 25.4. The summed E-state index contributed by atoms with van der Waals surface area (Å²) in [7, 11) is 0. The van der Waals surface area contributed by atoms with E-state index in [1.54, 1.807) is 18.2 Å². The van der Waals surface area contributed by atoms with Crippen molar-refractivity contribution < 1.29 is 23.5 Å². The van der Waals surface area contributed by atoms with Crippen molar-refractivity contribution in [3.8, 4) is 0 Å². The smallest absolute Gasteiger partial charge is 0.305 e. The lowest BCUT2D eigenvalue weighted by molar-refractivity contribution is -0.145. The molecule has 0 aromatic heterocycles. The van der Waals surface area contributed by atoms with Gasteiger partial charge < -0.3 is 9.47 Å². The predicted molar refractivity (Wildman–Crippen MR) is 141 cm³/mol. The summed E-state index contributed by atoms with van der Waals surface area (Å²) in [6.45, 7) is 2.87. The first-order valence-corrected chi connectivity index (χ1v) is 14.2. The van der Waals surface area contributed by atoms with Crippen molar-refractivity contribution in [1.82, 2.24) is 0 Å². The Bertz CT molecular complexity index is 662. The van der Waals surface area contributed by atoms with Gasteiger partial charge in [0.05, 0.1) is 13.2 Å². The minimum Gasteiger partial charge on any atom is -0.466 e. The first-order chi connectivity index (χ1) is 17.1. The number of hydrogen-bond acceptors (Lipinski definition) is 4. The second-order valence-corrected chi connectivity index (χ2v) is 9.59. The van der Waals surface area contributed by atoms with Crippen molar-refractivity contribution in [3.63, 3.8) is 0 Å². The van der Waals surface area contributed by atoms with Crippen LogP contribution < -0.4 is 0 Å². The molecule has 1 aromatic carbocycles. The Kier molecular flexibility index (Phi) is 20.0. The van der Waals surface area contributed by atoms with Gasteiger partial charge in [-0.3, -0.25) is 9.59 Å². The third-order valence-corrected chi connectivity index (χ3v) is 6.37. The lowest BCUT2D eigenvalue weighted by Gasteiger charge is -2.07. The number of ether oxygens (including phenoxy) is 2. The van der Waals surface area contributed by atoms with E-state index < -0.39 is 0 Å². The van der Waals surface area contributed by atoms with E-state index in [2.05, 4.69) is 6.92 Å². The van der Waals surface area contributed by atoms with E-state index in [0.717, 1.165) is 12.8 Å². The molecule has 0 atom stereocenters. The quantitative estimate of drug-likeness (QED) is 0.113. The highest BCUT2D eigenvalue weighted by atomic mass is 19.1. The molecular weight excluding hydrogens is 443 g/mol. The summed E-state index contributed by atoms with van der Waals surface area (Å²) >= 11 is 0. The highest BCUT2D eigenvalue weighted by Crippen LogP contribution is 2.13. The van der Waals surface area contributed by atoms with Gasteiger partial charge in [-0.1, -0.05) is 115 Å². The van der Waals surface area contributed by atoms with Crippen molar-refractivity contribution in [2.75, 3.05) is 13.2 Å². The molecular formula is C30H49FO4. The van der Waals surface area contributed by atoms with Gasteiger partial charge in [-0.2, -0.15) is 0 Å². The molecule has 0 aliphatic rings. The number of esters is 2. The molecule has 5 heteroatoms. The van der Waals surface area contributed by atoms with Crippen LogP contribution in [-0.4, -0.2) is 25.2 Å². The summed E-state index contributed by atoms with van der Waals surface area (Å²) in [5.74, 6) is -0.911. The fourth-order valence-corrected chi connectivity index (χ4v) is 4.16. The molecule has 35 heavy (non-hydrogen) atoms. The molecule has 0 fully saturated rings. The maximum absolute atomic E-state index is 13.5. The van der Waals surface area contributed by atoms with E-state index >= 15 is 0 Å². The molecule has 0 aliphatic heterocycles. The topological polar surface area (TPSA) is 52.6 Å². The second-order valence-electron chi connectivity index (χ2n) is 9.59. The van der Waals surface area contributed by atoms with Gasteiger partial charge in [0.25, 0.3) is 0 Å². The maximum atomic E-state index is 13.5. The lowest BCUT2D eigenvalue weighted by Crippen LogP contribution is -2.10. The van der Waals surface area contributed by atoms with Crippen molar-refractivity contribution in [1.29, 1.82) is 0 Å². The van der Waals surface area contributed by atoms with Gasteiger partial charge in [0.1, 0.15) is 5.82 Å². The SMILES string of the molecule is CCCCCCCCCCCCCCCCCOC(=O)CCCC(=O)OCCc1ccccc1F. The number of rotatable bonds is 23. The standard InChI is InChI=1S/C30H49FO4/c1-2-3-4-5-6-7-8-9-10-11-12-13-14-15-18-25-34-29(32)22-19-23-30(33)35-26-24-27-20-16-17-21-28(27)31/h16-17,20-21H,2-15,18-19,22-26H2,1H3. The Morgan fingerprint density at radius 2 is 1.09 bits per heavy atom. The average molecular weight is 493 g/mol. The number of carbonyl (C=O) groups is 2. The van der Waals surface area contributed by atoms with Gasteiger partial charge in [0.2, 0.25) is 0 Å². The minimum atomic E-state index is -0.364. The molecule has 0 heterocycles. The number of halogens is 1. The maximum Gasteiger partial charge on any atom is 0.305 e. The third-order valence-electron chi connectivity index (χ3n) is 6.37. The summed E-state index contributed by atoms with van der Waals surface area (Å²) in [5, 5.41) is 0. The number of carbonyl (C=O) groups excluding carboxylic acids is 2. The van der Waals surface area contributed by atoms with Gasteiger partial charge in [-0.25, -0.2) is 4.39 Å². The Hall–Kier alpha value is -1.91. The Labute approximate surface area is 213 Å². The van der Waals surface area contributed by atoms with Crippen LogP contribution in [0.3, 0.4) is 0 Å². The van der Waals surface area contributed by atoms with E-state index in [1.807, 2.05) is 0 Å². The van der Waals surface area contributed by atoms with Gasteiger partial charge in [0, 0.05) is 19.3 Å². The van der Waals surface area contributed by atoms with Gasteiger partial charge in [0.15, 0.2) is 0 Å². The molecule has 0 N–H and O–H groups in total. The molecule has 1 rings (SSSR count). The van der Waals surface area contributed by atoms with Crippen LogP contribution in [0.1, 0.15) is 128 Å². The summed E-state index contributed by atoms with van der Waals surface area (Å²) in [4.78, 5) is 23.5. The highest BCUT2D eigenvalue weighted by Gasteiger charge is 2.08. The summed E-state index contributed by atoms with van der Waals surface area (Å²) in [6, 6.07) is 6.45. The highest BCUT2D eigenvalue weighted by molar-refractivity contribution is 5.72. The van der Waals surface area contributed by atoms with Gasteiger partial charge in [-0.05, 0) is 24.5 Å². The third kappa shape index (κ3) is 19.0. The van der Waals surface area contributed by atoms with E-state index in [1.165, 1.54) is 89.5 Å². The number of hydrogen-bond donors (Lipinski definition) is 0. The zero-order valence-corrected chi connectivity index (χ0v) is 22.2. The molecule has 0 amide bonds. The van der Waals surface area contributed by atoms with Gasteiger partial charge >= 0.3 is 11.9 Å². The van der Waals surface area contributed by atoms with E-state index in [4.69, 9.17) is 9.47 Å². The zero-order valence-electron chi connectivity index (χ0n) is 22.2. The number of unbranched alkanes of at least 4 members (excludes halogenated alkanes) is 14. The molecule has 200 valence electrons. The van der Waals surface area contributed by atoms with Gasteiger partial charge in [-0.15, -0.1) is 0 Å². The molecule has 0 saturated heterocycles. The minimum absolute atomic E-state index is 0.142. The van der Waals surface area contributed by atoms with Crippen LogP contribution in [0.25, 0.3) is 0 Å². The van der Waals surface area contributed by atoms with Crippen LogP contribution in [0.4, 0.5) is 4.39 Å². The molecule has 0 saturated carbocycles. The molecule has 0 spiro atoms. The van der Waals surface area contributed by atoms with Crippen LogP contribution in [-0.2, 0) is 25.5 Å². The fourth-order valence-electron chi connectivity index (χ4n) is 4.16. The molecule has 1 aromatic rings. The van der Waals surface area contributed by atoms with E-state index in [9.17, 15) is 14.0 Å². The van der Waals surface area contributed by atoms with E-state index in [0.29, 0.717) is 25.0 Å². The summed E-state index contributed by atoms with van der Waals surface area (Å²) < 4.78 is 23.9. The molecule has 4 nitrogen and oxygen atoms in total. The Balaban J connectivity index is 1.81. The van der Waals surface area contributed by atoms with Crippen LogP contribution in [0.2, 0.25) is 0 Å². The van der Waals surface area contributed by atoms with Crippen LogP contribution in [0.5, 0.6) is 0 Å². The molecule has 0 unspecified atom stereocenters. The molecule has 0 aliphatic carbocycles. The lowest BCUT2D eigenvalue weighted by atomic mass is 10.0. The first kappa shape index (κ1) is 31.1. The van der Waals surface area contributed by atoms with Crippen molar-refractivity contribution in [2.45, 2.75) is 129 Å². The number of benzene rings is 1. The van der Waals surface area contributed by atoms with Crippen LogP contribution in [0, 0.1) is 5.82 Å². The largest absolute Gasteiger partial charge is 0.466 e. The van der Waals surface area contributed by atoms with Crippen LogP contribution >= 0.6 is 0 Å². The monoisotopic (exact) mass is 492 g/mol. The second kappa shape index (κ2) is 22.5. The summed E-state index contributed by atoms with van der Waals surface area (Å²) in [5.41, 5.74) is 0.530. The van der Waals surface area contributed by atoms with Crippen molar-refractivity contribution >= 4 is 11.9 Å². The average Bonchev–Trinajstić information content (AvgIpc) is 2.85. The summed E-state index contributed by atoms with van der Waals surface area (Å²) in [6.07, 6.45) is 20.8. The molecule has 0 radical (unpaired) electrons. The van der Waals surface area contributed by atoms with Crippen molar-refractivity contribution in [2.24, 2.45) is 0 Å². The van der Waals surface area contributed by atoms with E-state index in [-0.39, 0.29) is 37.2 Å². The predicted octanol–water partition coefficient (Wildman–Crippen LogP) is 8.50. The first-order valence-electron chi connectivity index (χ1n) is 14.2. The van der Waals surface area contributed by atoms with Crippen molar-refractivity contribution in [3.05, 3.63) is 35.6 Å². The fraction of sp³-hybridized carbons (Fsp3) is 0.733. The Morgan fingerprint density at radius 1 is 0.629 bits per heavy atom. The normalized spacial score (nSPS) is 10.9. The Morgan fingerprint density at radius 3 is 1.60 bits per heavy atom. The van der Waals surface area contributed by atoms with Crippen LogP contribution in [0.15, 0.2) is 24.3 Å².